The topological polar surface area (TPSA) is 167 Å². The molecule has 14 atom stereocenters. The third kappa shape index (κ3) is 13.5. The van der Waals surface area contributed by atoms with Crippen molar-refractivity contribution in [2.75, 3.05) is 34.5 Å². The number of hydrogen-bond acceptors (Lipinski definition) is 12. The molecule has 2 bridgehead atoms. The van der Waals surface area contributed by atoms with Gasteiger partial charge >= 0.3 is 5.97 Å². The van der Waals surface area contributed by atoms with Gasteiger partial charge in [-0.3, -0.25) is 14.4 Å². The summed E-state index contributed by atoms with van der Waals surface area (Å²) in [6.45, 7) is 12.0. The van der Waals surface area contributed by atoms with Gasteiger partial charge in [0.15, 0.2) is 0 Å². The van der Waals surface area contributed by atoms with Gasteiger partial charge < -0.3 is 43.5 Å². The Bertz CT molecular complexity index is 1780. The van der Waals surface area contributed by atoms with E-state index in [2.05, 4.69) is 25.1 Å². The SMILES string of the molecule is CCC1C=C(C)CC(C)CC(OC)C2OC(O)(C(=O)C(=O)N3CCCCC3C(=O)OC(C(C)=CC3CCC(OCCCc4ccccc4)C(OC)C3)C(C)C(O)CC1=O)C(C)CC2OC. The standard InChI is InChI=1S/C52H79NO12/c1-10-39-26-32(2)25-33(3)27-45(61-8)48-46(62-9)29-35(5)52(59,65-48)49(56)50(57)53-23-15-14-20-40(53)51(58)64-47(36(6)41(54)31-42(39)55)34(4)28-38-21-22-43(44(30-38)60-7)63-24-16-19-37-17-12-11-13-18-37/h11-13,17-18,26,28,33,35-36,38-41,43-48,54,59H,10,14-16,19-25,27,29-31H2,1-9H3. The molecule has 2 saturated heterocycles. The molecular weight excluding hydrogens is 831 g/mol. The van der Waals surface area contributed by atoms with Crippen molar-refractivity contribution < 1.29 is 57.8 Å². The molecule has 13 nitrogen and oxygen atoms in total. The second-order valence-electron chi connectivity index (χ2n) is 19.6. The molecule has 1 aromatic rings. The predicted octanol–water partition coefficient (Wildman–Crippen LogP) is 7.13. The van der Waals surface area contributed by atoms with Crippen LogP contribution in [0.3, 0.4) is 0 Å². The van der Waals surface area contributed by atoms with Gasteiger partial charge in [0.1, 0.15) is 24.0 Å². The summed E-state index contributed by atoms with van der Waals surface area (Å²) in [6.07, 6.45) is 6.97. The first kappa shape index (κ1) is 52.7. The highest BCUT2D eigenvalue weighted by Gasteiger charge is 2.56. The zero-order valence-electron chi connectivity index (χ0n) is 40.6. The normalized spacial score (nSPS) is 36.6. The lowest BCUT2D eigenvalue weighted by Gasteiger charge is -2.47. The summed E-state index contributed by atoms with van der Waals surface area (Å²) in [7, 11) is 4.78. The van der Waals surface area contributed by atoms with Gasteiger partial charge in [-0.05, 0) is 114 Å². The lowest BCUT2D eigenvalue weighted by atomic mass is 9.81. The highest BCUT2D eigenvalue weighted by molar-refractivity contribution is 6.39. The zero-order chi connectivity index (χ0) is 47.4. The van der Waals surface area contributed by atoms with Gasteiger partial charge in [0.05, 0.1) is 30.5 Å². The maximum Gasteiger partial charge on any atom is 0.329 e. The lowest BCUT2D eigenvalue weighted by molar-refractivity contribution is -0.302. The van der Waals surface area contributed by atoms with Crippen LogP contribution in [-0.2, 0) is 54.0 Å². The Morgan fingerprint density at radius 1 is 0.892 bits per heavy atom. The summed E-state index contributed by atoms with van der Waals surface area (Å²) in [4.78, 5) is 58.4. The van der Waals surface area contributed by atoms with Gasteiger partial charge in [0, 0.05) is 58.7 Å². The number of carbonyl (C=O) groups is 4. The molecule has 4 aliphatic rings. The van der Waals surface area contributed by atoms with Crippen LogP contribution < -0.4 is 0 Å². The molecule has 1 aromatic carbocycles. The molecule has 1 aliphatic carbocycles. The Morgan fingerprint density at radius 2 is 1.58 bits per heavy atom. The number of hydrogen-bond donors (Lipinski definition) is 2. The van der Waals surface area contributed by atoms with Crippen molar-refractivity contribution in [2.45, 2.75) is 180 Å². The van der Waals surface area contributed by atoms with E-state index >= 15 is 0 Å². The van der Waals surface area contributed by atoms with E-state index in [-0.39, 0.29) is 55.6 Å². The van der Waals surface area contributed by atoms with Crippen LogP contribution in [-0.4, -0.2) is 128 Å². The molecule has 5 rings (SSSR count). The average Bonchev–Trinajstić information content (AvgIpc) is 3.30. The van der Waals surface area contributed by atoms with Crippen LogP contribution in [0, 0.1) is 29.6 Å². The van der Waals surface area contributed by atoms with E-state index in [9.17, 15) is 29.4 Å². The molecule has 1 saturated carbocycles. The fraction of sp³-hybridized carbons (Fsp3) is 0.731. The van der Waals surface area contributed by atoms with Crippen LogP contribution in [0.2, 0.25) is 0 Å². The quantitative estimate of drug-likeness (QED) is 0.100. The molecule has 3 heterocycles. The van der Waals surface area contributed by atoms with Crippen molar-refractivity contribution in [3.63, 3.8) is 0 Å². The number of carbonyl (C=O) groups excluding carboxylic acids is 4. The summed E-state index contributed by atoms with van der Waals surface area (Å²) < 4.78 is 36.8. The van der Waals surface area contributed by atoms with E-state index in [0.29, 0.717) is 50.7 Å². The Hall–Kier alpha value is -3.30. The van der Waals surface area contributed by atoms with Gasteiger partial charge in [-0.1, -0.05) is 75.8 Å². The summed E-state index contributed by atoms with van der Waals surface area (Å²) >= 11 is 0. The number of allylic oxidation sites excluding steroid dienone is 3. The summed E-state index contributed by atoms with van der Waals surface area (Å²) in [5.41, 5.74) is 2.99. The fourth-order valence-corrected chi connectivity index (χ4v) is 10.7. The predicted molar refractivity (Wildman–Crippen MR) is 247 cm³/mol. The van der Waals surface area contributed by atoms with Crippen LogP contribution in [0.15, 0.2) is 53.6 Å². The number of aliphatic hydroxyl groups excluding tert-OH is 1. The van der Waals surface area contributed by atoms with Gasteiger partial charge in [-0.2, -0.15) is 0 Å². The van der Waals surface area contributed by atoms with Crippen molar-refractivity contribution in [1.82, 2.24) is 4.90 Å². The Labute approximate surface area is 387 Å². The molecule has 0 spiro atoms. The molecule has 3 fully saturated rings. The number of ketones is 2. The minimum Gasteiger partial charge on any atom is -0.456 e. The van der Waals surface area contributed by atoms with Gasteiger partial charge in [0.2, 0.25) is 5.79 Å². The largest absolute Gasteiger partial charge is 0.456 e. The maximum atomic E-state index is 14.5. The number of rotatable bonds is 11. The van der Waals surface area contributed by atoms with Crippen LogP contribution in [0.5, 0.6) is 0 Å². The number of aryl methyl sites for hydroxylation is 1. The van der Waals surface area contributed by atoms with Crippen molar-refractivity contribution >= 4 is 23.4 Å². The van der Waals surface area contributed by atoms with Crippen LogP contribution in [0.1, 0.15) is 124 Å². The summed E-state index contributed by atoms with van der Waals surface area (Å²) in [5, 5.41) is 24.0. The molecule has 65 heavy (non-hydrogen) atoms. The Balaban J connectivity index is 1.43. The molecule has 14 unspecified atom stereocenters. The average molecular weight is 910 g/mol. The number of piperidine rings is 1. The lowest BCUT2D eigenvalue weighted by Crippen LogP contribution is -2.64. The minimum absolute atomic E-state index is 0.0360. The molecule has 13 heteroatoms. The molecule has 3 aliphatic heterocycles. The van der Waals surface area contributed by atoms with Crippen molar-refractivity contribution in [3.8, 4) is 0 Å². The van der Waals surface area contributed by atoms with Crippen molar-refractivity contribution in [3.05, 3.63) is 59.2 Å². The molecule has 1 amide bonds. The number of cyclic esters (lactones) is 1. The number of esters is 1. The van der Waals surface area contributed by atoms with E-state index < -0.39 is 77.8 Å². The minimum atomic E-state index is -2.50. The fourth-order valence-electron chi connectivity index (χ4n) is 10.7. The zero-order valence-corrected chi connectivity index (χ0v) is 40.6. The number of benzene rings is 1. The second kappa shape index (κ2) is 24.6. The molecular formula is C52H79NO12. The first-order valence-corrected chi connectivity index (χ1v) is 24.3. The van der Waals surface area contributed by atoms with Gasteiger partial charge in [-0.25, -0.2) is 4.79 Å². The summed E-state index contributed by atoms with van der Waals surface area (Å²) in [6, 6.07) is 9.22. The molecule has 364 valence electrons. The first-order chi connectivity index (χ1) is 31.0. The maximum absolute atomic E-state index is 14.5. The van der Waals surface area contributed by atoms with Crippen LogP contribution >= 0.6 is 0 Å². The van der Waals surface area contributed by atoms with Gasteiger partial charge in [0.25, 0.3) is 11.7 Å². The number of methoxy groups -OCH3 is 3. The number of amides is 1. The van der Waals surface area contributed by atoms with E-state index in [1.807, 2.05) is 45.0 Å². The first-order valence-electron chi connectivity index (χ1n) is 24.3. The van der Waals surface area contributed by atoms with Crippen LogP contribution in [0.4, 0.5) is 0 Å². The smallest absolute Gasteiger partial charge is 0.329 e. The van der Waals surface area contributed by atoms with E-state index in [0.717, 1.165) is 31.3 Å². The molecule has 0 radical (unpaired) electrons. The third-order valence-electron chi connectivity index (χ3n) is 14.7. The summed E-state index contributed by atoms with van der Waals surface area (Å²) in [5.74, 6) is -7.37. The van der Waals surface area contributed by atoms with E-state index in [1.54, 1.807) is 35.2 Å². The Morgan fingerprint density at radius 3 is 2.26 bits per heavy atom. The van der Waals surface area contributed by atoms with Crippen molar-refractivity contribution in [2.24, 2.45) is 29.6 Å². The monoisotopic (exact) mass is 910 g/mol. The number of aliphatic hydroxyl groups is 2. The third-order valence-corrected chi connectivity index (χ3v) is 14.7. The number of nitrogens with zero attached hydrogens (tertiary/aromatic N) is 1. The highest BCUT2D eigenvalue weighted by Crippen LogP contribution is 2.39. The number of Topliss-reactive ketones (excluding diaryl/α,β-unsaturated/α-hetero) is 2. The van der Waals surface area contributed by atoms with Crippen LogP contribution in [0.25, 0.3) is 0 Å². The highest BCUT2D eigenvalue weighted by atomic mass is 16.7. The van der Waals surface area contributed by atoms with E-state index in [4.69, 9.17) is 28.4 Å². The Kier molecular flexibility index (Phi) is 20.0. The van der Waals surface area contributed by atoms with E-state index in [1.165, 1.54) is 10.5 Å². The molecule has 0 aromatic heterocycles. The van der Waals surface area contributed by atoms with Crippen molar-refractivity contribution in [1.29, 1.82) is 0 Å². The molecule has 2 N–H and O–H groups in total. The number of ether oxygens (including phenoxy) is 6. The van der Waals surface area contributed by atoms with Gasteiger partial charge in [-0.15, -0.1) is 0 Å². The number of fused-ring (bicyclic) bond motifs is 3. The second-order valence-corrected chi connectivity index (χ2v) is 19.6.